The van der Waals surface area contributed by atoms with Crippen molar-refractivity contribution in [2.75, 3.05) is 6.54 Å². The molecule has 0 radical (unpaired) electrons. The van der Waals surface area contributed by atoms with Crippen molar-refractivity contribution in [3.63, 3.8) is 0 Å². The monoisotopic (exact) mass is 558 g/mol. The Kier molecular flexibility index (Phi) is 6.14. The molecule has 6 rings (SSSR count). The molecule has 0 spiro atoms. The molecule has 3 aromatic heterocycles. The third-order valence-corrected chi connectivity index (χ3v) is 7.51. The van der Waals surface area contributed by atoms with E-state index >= 15 is 0 Å². The third-order valence-electron chi connectivity index (χ3n) is 7.02. The topological polar surface area (TPSA) is 96.8 Å². The molecule has 1 aliphatic heterocycles. The van der Waals surface area contributed by atoms with Gasteiger partial charge in [-0.1, -0.05) is 28.4 Å². The largest absolute Gasteiger partial charge is 0.507 e. The Morgan fingerprint density at radius 2 is 1.92 bits per heavy atom. The maximum Gasteiger partial charge on any atom is 0.344 e. The zero-order valence-corrected chi connectivity index (χ0v) is 21.4. The van der Waals surface area contributed by atoms with Gasteiger partial charge in [0.2, 0.25) is 0 Å². The summed E-state index contributed by atoms with van der Waals surface area (Å²) in [6.45, 7) is 1.22. The normalized spacial score (nSPS) is 16.4. The van der Waals surface area contributed by atoms with Gasteiger partial charge in [0, 0.05) is 51.9 Å². The van der Waals surface area contributed by atoms with E-state index in [0.717, 1.165) is 41.2 Å². The zero-order valence-electron chi connectivity index (χ0n) is 19.8. The molecule has 8 heteroatoms. The highest BCUT2D eigenvalue weighted by Gasteiger charge is 2.27. The van der Waals surface area contributed by atoms with Gasteiger partial charge < -0.3 is 13.9 Å². The number of halogens is 1. The van der Waals surface area contributed by atoms with Crippen molar-refractivity contribution in [1.82, 2.24) is 9.88 Å². The molecule has 1 N–H and O–H groups in total. The number of piperidine rings is 1. The molecule has 0 bridgehead atoms. The second kappa shape index (κ2) is 9.61. The molecule has 1 aliphatic rings. The number of pyridine rings is 1. The summed E-state index contributed by atoms with van der Waals surface area (Å²) >= 11 is 3.45. The van der Waals surface area contributed by atoms with Gasteiger partial charge in [0.1, 0.15) is 16.9 Å². The second-order valence-corrected chi connectivity index (χ2v) is 10.2. The van der Waals surface area contributed by atoms with Gasteiger partial charge in [0.05, 0.1) is 11.1 Å². The van der Waals surface area contributed by atoms with Crippen LogP contribution in [0.1, 0.15) is 36.4 Å². The van der Waals surface area contributed by atoms with Gasteiger partial charge in [-0.2, -0.15) is 0 Å². The fourth-order valence-corrected chi connectivity index (χ4v) is 5.64. The van der Waals surface area contributed by atoms with Crippen LogP contribution in [0.3, 0.4) is 0 Å². The van der Waals surface area contributed by atoms with E-state index in [1.165, 1.54) is 6.07 Å². The van der Waals surface area contributed by atoms with E-state index in [2.05, 4.69) is 31.9 Å². The van der Waals surface area contributed by atoms with Crippen molar-refractivity contribution in [2.45, 2.75) is 31.8 Å². The van der Waals surface area contributed by atoms with Crippen LogP contribution in [0.2, 0.25) is 0 Å². The fourth-order valence-electron chi connectivity index (χ4n) is 5.26. The molecule has 1 saturated heterocycles. The van der Waals surface area contributed by atoms with Crippen LogP contribution in [0.5, 0.6) is 5.75 Å². The van der Waals surface area contributed by atoms with Crippen LogP contribution in [0.25, 0.3) is 33.1 Å². The number of phenolic OH excluding ortho intramolecular Hbond substituents is 1. The van der Waals surface area contributed by atoms with Crippen molar-refractivity contribution in [2.24, 2.45) is 0 Å². The van der Waals surface area contributed by atoms with Crippen LogP contribution in [-0.4, -0.2) is 21.5 Å². The first-order valence-electron chi connectivity index (χ1n) is 12.1. The SMILES string of the molecule is O=c1cc(-c2cc3cc(Br)ccc3oc2=O)c2ccc(O)c(CN3CCCC[C@H]3c3cccnc3)c2o1. The Morgan fingerprint density at radius 3 is 2.76 bits per heavy atom. The van der Waals surface area contributed by atoms with Crippen LogP contribution in [-0.2, 0) is 6.54 Å². The molecule has 37 heavy (non-hydrogen) atoms. The maximum absolute atomic E-state index is 13.0. The van der Waals surface area contributed by atoms with E-state index in [1.54, 1.807) is 36.5 Å². The Labute approximate surface area is 220 Å². The van der Waals surface area contributed by atoms with E-state index < -0.39 is 11.3 Å². The van der Waals surface area contributed by atoms with Gasteiger partial charge in [-0.25, -0.2) is 9.59 Å². The lowest BCUT2D eigenvalue weighted by molar-refractivity contribution is 0.139. The first-order chi connectivity index (χ1) is 18.0. The number of phenols is 1. The number of aromatic hydroxyl groups is 1. The number of fused-ring (bicyclic) bond motifs is 2. The predicted molar refractivity (Wildman–Crippen MR) is 145 cm³/mol. The summed E-state index contributed by atoms with van der Waals surface area (Å²) < 4.78 is 12.1. The minimum absolute atomic E-state index is 0.0396. The average Bonchev–Trinajstić information content (AvgIpc) is 2.90. The molecule has 4 heterocycles. The third kappa shape index (κ3) is 4.47. The number of likely N-dealkylation sites (tertiary alicyclic amines) is 1. The van der Waals surface area contributed by atoms with Crippen LogP contribution in [0, 0.1) is 0 Å². The summed E-state index contributed by atoms with van der Waals surface area (Å²) in [5.74, 6) is 0.0396. The highest BCUT2D eigenvalue weighted by Crippen LogP contribution is 2.37. The Hall–Kier alpha value is -3.75. The predicted octanol–water partition coefficient (Wildman–Crippen LogP) is 6.16. The molecule has 186 valence electrons. The molecule has 0 amide bonds. The van der Waals surface area contributed by atoms with Crippen molar-refractivity contribution in [3.05, 3.63) is 103 Å². The van der Waals surface area contributed by atoms with Gasteiger partial charge in [-0.15, -0.1) is 0 Å². The molecule has 2 aromatic carbocycles. The van der Waals surface area contributed by atoms with Gasteiger partial charge in [-0.05, 0) is 67.4 Å². The van der Waals surface area contributed by atoms with Gasteiger partial charge in [0.15, 0.2) is 0 Å². The second-order valence-electron chi connectivity index (χ2n) is 9.32. The molecule has 1 fully saturated rings. The first-order valence-corrected chi connectivity index (χ1v) is 12.9. The molecule has 0 aliphatic carbocycles. The molecule has 5 aromatic rings. The van der Waals surface area contributed by atoms with E-state index in [-0.39, 0.29) is 22.9 Å². The fraction of sp³-hybridized carbons (Fsp3) is 0.207. The lowest BCUT2D eigenvalue weighted by Gasteiger charge is -2.36. The minimum atomic E-state index is -0.606. The quantitative estimate of drug-likeness (QED) is 0.264. The van der Waals surface area contributed by atoms with Crippen molar-refractivity contribution >= 4 is 37.9 Å². The summed E-state index contributed by atoms with van der Waals surface area (Å²) in [6, 6.07) is 15.8. The smallest absolute Gasteiger partial charge is 0.344 e. The number of benzene rings is 2. The number of aromatic nitrogens is 1. The van der Waals surface area contributed by atoms with Crippen molar-refractivity contribution in [3.8, 4) is 16.9 Å². The number of rotatable bonds is 4. The van der Waals surface area contributed by atoms with E-state index in [9.17, 15) is 14.7 Å². The first kappa shape index (κ1) is 23.6. The standard InChI is InChI=1S/C29H23BrN2O5/c30-19-6-9-26-18(12-19)13-22(29(35)36-26)21-14-27(34)37-28-20(21)7-8-25(33)23(28)16-32-11-2-1-5-24(32)17-4-3-10-31-15-17/h3-4,6-10,12-15,24,33H,1-2,5,11,16H2/t24-/m0/s1. The lowest BCUT2D eigenvalue weighted by atomic mass is 9.95. The van der Waals surface area contributed by atoms with E-state index in [1.807, 2.05) is 18.3 Å². The van der Waals surface area contributed by atoms with Crippen molar-refractivity contribution in [1.29, 1.82) is 0 Å². The molecular formula is C29H23BrN2O5. The van der Waals surface area contributed by atoms with Crippen LogP contribution >= 0.6 is 15.9 Å². The highest BCUT2D eigenvalue weighted by atomic mass is 79.9. The molecule has 1 atom stereocenters. The highest BCUT2D eigenvalue weighted by molar-refractivity contribution is 9.10. The summed E-state index contributed by atoms with van der Waals surface area (Å²) in [5, 5.41) is 12.2. The van der Waals surface area contributed by atoms with Crippen molar-refractivity contribution < 1.29 is 13.9 Å². The summed E-state index contributed by atoms with van der Waals surface area (Å²) in [5.41, 5.74) is 1.86. The summed E-state index contributed by atoms with van der Waals surface area (Å²) in [4.78, 5) is 32.3. The van der Waals surface area contributed by atoms with Gasteiger partial charge >= 0.3 is 11.3 Å². The summed E-state index contributed by atoms with van der Waals surface area (Å²) in [6.07, 6.45) is 6.74. The number of nitrogens with zero attached hydrogens (tertiary/aromatic N) is 2. The minimum Gasteiger partial charge on any atom is -0.507 e. The average molecular weight is 559 g/mol. The van der Waals surface area contributed by atoms with E-state index in [0.29, 0.717) is 28.6 Å². The molecule has 7 nitrogen and oxygen atoms in total. The Morgan fingerprint density at radius 1 is 1.03 bits per heavy atom. The zero-order chi connectivity index (χ0) is 25.5. The number of hydrogen-bond acceptors (Lipinski definition) is 7. The lowest BCUT2D eigenvalue weighted by Crippen LogP contribution is -2.33. The van der Waals surface area contributed by atoms with Gasteiger partial charge in [0.25, 0.3) is 0 Å². The van der Waals surface area contributed by atoms with Crippen LogP contribution < -0.4 is 11.3 Å². The van der Waals surface area contributed by atoms with Crippen LogP contribution in [0.15, 0.2) is 89.9 Å². The molecule has 0 saturated carbocycles. The number of hydrogen-bond donors (Lipinski definition) is 1. The summed E-state index contributed by atoms with van der Waals surface area (Å²) in [7, 11) is 0. The maximum atomic E-state index is 13.0. The van der Waals surface area contributed by atoms with E-state index in [4.69, 9.17) is 8.83 Å². The van der Waals surface area contributed by atoms with Gasteiger partial charge in [-0.3, -0.25) is 9.88 Å². The molecular weight excluding hydrogens is 536 g/mol. The van der Waals surface area contributed by atoms with Crippen LogP contribution in [0.4, 0.5) is 0 Å². The molecule has 0 unspecified atom stereocenters. The Bertz CT molecular complexity index is 1750. The Balaban J connectivity index is 1.49.